The Kier molecular flexibility index (Phi) is 4.85. The molecule has 0 aliphatic carbocycles. The molecular weight excluding hydrogens is 332 g/mol. The lowest BCUT2D eigenvalue weighted by atomic mass is 10.1. The molecule has 0 heterocycles. The molecule has 3 N–H and O–H groups in total. The van der Waals surface area contributed by atoms with Gasteiger partial charge in [-0.1, -0.05) is 13.0 Å². The molecule has 0 fully saturated rings. The zero-order valence-corrected chi connectivity index (χ0v) is 13.5. The summed E-state index contributed by atoms with van der Waals surface area (Å²) in [7, 11) is 1.58. The van der Waals surface area contributed by atoms with Crippen LogP contribution in [0.25, 0.3) is 0 Å². The molecule has 2 aromatic rings. The van der Waals surface area contributed by atoms with Gasteiger partial charge in [-0.25, -0.2) is 0 Å². The summed E-state index contributed by atoms with van der Waals surface area (Å²) in [5.74, 6) is 0.491. The third kappa shape index (κ3) is 3.55. The highest BCUT2D eigenvalue weighted by molar-refractivity contribution is 9.10. The summed E-state index contributed by atoms with van der Waals surface area (Å²) in [6, 6.07) is 10.7. The number of halogens is 1. The van der Waals surface area contributed by atoms with Crippen molar-refractivity contribution in [2.24, 2.45) is 0 Å². The first-order valence-corrected chi connectivity index (χ1v) is 7.37. The smallest absolute Gasteiger partial charge is 0.255 e. The van der Waals surface area contributed by atoms with Gasteiger partial charge in [0.25, 0.3) is 5.91 Å². The monoisotopic (exact) mass is 348 g/mol. The fourth-order valence-corrected chi connectivity index (χ4v) is 2.55. The molecule has 0 bridgehead atoms. The van der Waals surface area contributed by atoms with Crippen molar-refractivity contribution >= 4 is 33.2 Å². The minimum Gasteiger partial charge on any atom is -0.496 e. The van der Waals surface area contributed by atoms with Gasteiger partial charge in [0, 0.05) is 16.9 Å². The highest BCUT2D eigenvalue weighted by atomic mass is 79.9. The van der Waals surface area contributed by atoms with Crippen LogP contribution in [0.4, 0.5) is 11.4 Å². The van der Waals surface area contributed by atoms with E-state index < -0.39 is 0 Å². The van der Waals surface area contributed by atoms with Crippen LogP contribution in [0, 0.1) is 0 Å². The van der Waals surface area contributed by atoms with Gasteiger partial charge in [-0.05, 0) is 58.2 Å². The van der Waals surface area contributed by atoms with Crippen LogP contribution in [0.1, 0.15) is 22.8 Å². The third-order valence-electron chi connectivity index (χ3n) is 3.20. The number of nitrogen functional groups attached to an aromatic ring is 1. The third-order valence-corrected chi connectivity index (χ3v) is 3.82. The lowest BCUT2D eigenvalue weighted by molar-refractivity contribution is 0.102. The molecule has 0 saturated carbocycles. The van der Waals surface area contributed by atoms with E-state index in [1.165, 1.54) is 0 Å². The van der Waals surface area contributed by atoms with E-state index in [4.69, 9.17) is 10.5 Å². The second-order valence-electron chi connectivity index (χ2n) is 4.57. The Bertz CT molecular complexity index is 671. The number of benzene rings is 2. The van der Waals surface area contributed by atoms with E-state index in [1.807, 2.05) is 19.1 Å². The molecule has 110 valence electrons. The van der Waals surface area contributed by atoms with Gasteiger partial charge in [0.15, 0.2) is 0 Å². The van der Waals surface area contributed by atoms with E-state index in [1.54, 1.807) is 31.4 Å². The number of hydrogen-bond acceptors (Lipinski definition) is 3. The molecule has 0 aliphatic heterocycles. The molecular formula is C16H17BrN2O2. The topological polar surface area (TPSA) is 64.3 Å². The van der Waals surface area contributed by atoms with Crippen LogP contribution in [0.2, 0.25) is 0 Å². The fraction of sp³-hybridized carbons (Fsp3) is 0.188. The predicted molar refractivity (Wildman–Crippen MR) is 88.9 cm³/mol. The molecule has 0 aromatic heterocycles. The molecule has 0 atom stereocenters. The number of nitrogens with one attached hydrogen (secondary N) is 1. The summed E-state index contributed by atoms with van der Waals surface area (Å²) in [5, 5.41) is 2.83. The summed E-state index contributed by atoms with van der Waals surface area (Å²) < 4.78 is 5.88. The van der Waals surface area contributed by atoms with Crippen LogP contribution in [-0.2, 0) is 6.42 Å². The highest BCUT2D eigenvalue weighted by Crippen LogP contribution is 2.26. The van der Waals surface area contributed by atoms with E-state index in [9.17, 15) is 4.79 Å². The zero-order chi connectivity index (χ0) is 15.4. The van der Waals surface area contributed by atoms with E-state index in [0.717, 1.165) is 16.5 Å². The quantitative estimate of drug-likeness (QED) is 0.824. The van der Waals surface area contributed by atoms with Crippen LogP contribution >= 0.6 is 15.9 Å². The van der Waals surface area contributed by atoms with Crippen LogP contribution in [0.15, 0.2) is 40.9 Å². The first-order valence-electron chi connectivity index (χ1n) is 6.58. The molecule has 0 radical (unpaired) electrons. The molecule has 2 rings (SSSR count). The second kappa shape index (κ2) is 6.63. The maximum atomic E-state index is 12.2. The maximum absolute atomic E-state index is 12.2. The molecule has 21 heavy (non-hydrogen) atoms. The van der Waals surface area contributed by atoms with Crippen molar-refractivity contribution in [2.75, 3.05) is 18.2 Å². The number of aryl methyl sites for hydroxylation is 1. The van der Waals surface area contributed by atoms with E-state index in [0.29, 0.717) is 22.7 Å². The first kappa shape index (κ1) is 15.4. The number of hydrogen-bond donors (Lipinski definition) is 2. The van der Waals surface area contributed by atoms with E-state index in [-0.39, 0.29) is 5.91 Å². The van der Waals surface area contributed by atoms with Gasteiger partial charge in [0.2, 0.25) is 0 Å². The normalized spacial score (nSPS) is 10.2. The largest absolute Gasteiger partial charge is 0.496 e. The number of nitrogens with two attached hydrogens (primary N) is 1. The Labute approximate surface area is 132 Å². The number of rotatable bonds is 4. The average Bonchev–Trinajstić information content (AvgIpc) is 2.47. The minimum absolute atomic E-state index is 0.193. The summed E-state index contributed by atoms with van der Waals surface area (Å²) >= 11 is 3.37. The fourth-order valence-electron chi connectivity index (χ4n) is 2.01. The van der Waals surface area contributed by atoms with Gasteiger partial charge in [0.05, 0.1) is 11.6 Å². The van der Waals surface area contributed by atoms with Crippen LogP contribution in [0.5, 0.6) is 5.75 Å². The standard InChI is InChI=1S/C16H17BrN2O2/c1-3-10-4-6-12(9-14(10)18)19-16(20)11-5-7-15(21-2)13(17)8-11/h4-9H,3,18H2,1-2H3,(H,19,20). The number of anilines is 2. The summed E-state index contributed by atoms with van der Waals surface area (Å²) in [6.07, 6.45) is 0.867. The SMILES string of the molecule is CCc1ccc(NC(=O)c2ccc(OC)c(Br)c2)cc1N. The average molecular weight is 349 g/mol. The van der Waals surface area contributed by atoms with Crippen molar-refractivity contribution in [3.8, 4) is 5.75 Å². The molecule has 0 unspecified atom stereocenters. The van der Waals surface area contributed by atoms with Crippen molar-refractivity contribution in [2.45, 2.75) is 13.3 Å². The van der Waals surface area contributed by atoms with E-state index in [2.05, 4.69) is 21.2 Å². The van der Waals surface area contributed by atoms with Crippen molar-refractivity contribution in [1.82, 2.24) is 0 Å². The lowest BCUT2D eigenvalue weighted by Gasteiger charge is -2.10. The Hall–Kier alpha value is -2.01. The van der Waals surface area contributed by atoms with Gasteiger partial charge >= 0.3 is 0 Å². The Morgan fingerprint density at radius 3 is 2.62 bits per heavy atom. The van der Waals surface area contributed by atoms with Gasteiger partial charge in [-0.15, -0.1) is 0 Å². The van der Waals surface area contributed by atoms with E-state index >= 15 is 0 Å². The molecule has 4 nitrogen and oxygen atoms in total. The highest BCUT2D eigenvalue weighted by Gasteiger charge is 2.10. The van der Waals surface area contributed by atoms with Gasteiger partial charge in [0.1, 0.15) is 5.75 Å². The molecule has 5 heteroatoms. The predicted octanol–water partition coefficient (Wildman–Crippen LogP) is 3.85. The first-order chi connectivity index (χ1) is 10.0. The van der Waals surface area contributed by atoms with Crippen LogP contribution < -0.4 is 15.8 Å². The minimum atomic E-state index is -0.193. The lowest BCUT2D eigenvalue weighted by Crippen LogP contribution is -2.12. The van der Waals surface area contributed by atoms with Crippen molar-refractivity contribution in [3.05, 3.63) is 52.0 Å². The summed E-state index contributed by atoms with van der Waals surface area (Å²) in [6.45, 7) is 2.04. The van der Waals surface area contributed by atoms with Crippen molar-refractivity contribution in [3.63, 3.8) is 0 Å². The number of amides is 1. The maximum Gasteiger partial charge on any atom is 0.255 e. The van der Waals surface area contributed by atoms with Crippen LogP contribution in [-0.4, -0.2) is 13.0 Å². The molecule has 0 spiro atoms. The van der Waals surface area contributed by atoms with Crippen LogP contribution in [0.3, 0.4) is 0 Å². The Morgan fingerprint density at radius 1 is 1.29 bits per heavy atom. The van der Waals surface area contributed by atoms with Crippen molar-refractivity contribution in [1.29, 1.82) is 0 Å². The van der Waals surface area contributed by atoms with Gasteiger partial charge in [-0.2, -0.15) is 0 Å². The number of methoxy groups -OCH3 is 1. The summed E-state index contributed by atoms with van der Waals surface area (Å²) in [4.78, 5) is 12.2. The summed E-state index contributed by atoms with van der Waals surface area (Å²) in [5.41, 5.74) is 8.91. The number of ether oxygens (including phenoxy) is 1. The number of carbonyl (C=O) groups is 1. The zero-order valence-electron chi connectivity index (χ0n) is 11.9. The van der Waals surface area contributed by atoms with Crippen molar-refractivity contribution < 1.29 is 9.53 Å². The molecule has 1 amide bonds. The molecule has 0 aliphatic rings. The molecule has 0 saturated heterocycles. The second-order valence-corrected chi connectivity index (χ2v) is 5.42. The Morgan fingerprint density at radius 2 is 2.05 bits per heavy atom. The number of carbonyl (C=O) groups excluding carboxylic acids is 1. The van der Waals surface area contributed by atoms with Gasteiger partial charge in [-0.3, -0.25) is 4.79 Å². The van der Waals surface area contributed by atoms with Gasteiger partial charge < -0.3 is 15.8 Å². The Balaban J connectivity index is 2.18. The molecule has 2 aromatic carbocycles.